The fraction of sp³-hybridized carbons (Fsp3) is 0.341. The summed E-state index contributed by atoms with van der Waals surface area (Å²) in [5.41, 5.74) is 3.50. The molecule has 1 aliphatic carbocycles. The highest BCUT2D eigenvalue weighted by atomic mass is 32.1. The third kappa shape index (κ3) is 10.4. The summed E-state index contributed by atoms with van der Waals surface area (Å²) in [5.74, 6) is -0.580. The minimum atomic E-state index is -1.65. The van der Waals surface area contributed by atoms with Crippen molar-refractivity contribution in [1.82, 2.24) is 20.6 Å². The predicted molar refractivity (Wildman–Crippen MR) is 214 cm³/mol. The first-order chi connectivity index (χ1) is 26.4. The van der Waals surface area contributed by atoms with Crippen molar-refractivity contribution in [2.75, 3.05) is 6.61 Å². The number of aliphatic hydroxyl groups excluding tert-OH is 1. The smallest absolute Gasteiger partial charge is 0.329 e. The van der Waals surface area contributed by atoms with Gasteiger partial charge in [-0.1, -0.05) is 107 Å². The average Bonchev–Trinajstić information content (AvgIpc) is 3.72. The van der Waals surface area contributed by atoms with Crippen LogP contribution in [0.1, 0.15) is 84.7 Å². The molecule has 2 heterocycles. The van der Waals surface area contributed by atoms with Gasteiger partial charge in [-0.05, 0) is 65.1 Å². The van der Waals surface area contributed by atoms with E-state index in [-0.39, 0.29) is 11.8 Å². The van der Waals surface area contributed by atoms with Gasteiger partial charge in [-0.2, -0.15) is 0 Å². The van der Waals surface area contributed by atoms with Crippen molar-refractivity contribution in [1.29, 1.82) is 0 Å². The summed E-state index contributed by atoms with van der Waals surface area (Å²) in [7, 11) is 0. The van der Waals surface area contributed by atoms with Crippen molar-refractivity contribution < 1.29 is 29.3 Å². The molecular formula is C44H48N4O6S. The summed E-state index contributed by atoms with van der Waals surface area (Å²) in [6.07, 6.45) is 8.50. The van der Waals surface area contributed by atoms with Crippen LogP contribution in [0, 0.1) is 5.92 Å². The number of aliphatic carboxylic acids is 1. The zero-order chi connectivity index (χ0) is 39.0. The Morgan fingerprint density at radius 3 is 2.09 bits per heavy atom. The van der Waals surface area contributed by atoms with Gasteiger partial charge in [0.05, 0.1) is 11.5 Å². The zero-order valence-corrected chi connectivity index (χ0v) is 32.2. The fourth-order valence-electron chi connectivity index (χ4n) is 6.64. The molecule has 55 heavy (non-hydrogen) atoms. The first-order valence-corrected chi connectivity index (χ1v) is 19.6. The lowest BCUT2D eigenvalue weighted by Crippen LogP contribution is -2.54. The van der Waals surface area contributed by atoms with Crippen molar-refractivity contribution in [2.45, 2.75) is 82.9 Å². The van der Waals surface area contributed by atoms with E-state index in [4.69, 9.17) is 4.74 Å². The van der Waals surface area contributed by atoms with Crippen LogP contribution < -0.4 is 15.4 Å². The molecule has 0 spiro atoms. The maximum Gasteiger partial charge on any atom is 0.329 e. The molecule has 0 radical (unpaired) electrons. The number of rotatable bonds is 14. The fourth-order valence-corrected chi connectivity index (χ4v) is 7.60. The van der Waals surface area contributed by atoms with Crippen LogP contribution in [0.3, 0.4) is 0 Å². The van der Waals surface area contributed by atoms with Gasteiger partial charge in [-0.25, -0.2) is 14.8 Å². The number of carboxylic acids is 1. The molecule has 10 nitrogen and oxygen atoms in total. The van der Waals surface area contributed by atoms with Crippen LogP contribution in [0.2, 0.25) is 0 Å². The summed E-state index contributed by atoms with van der Waals surface area (Å²) in [4.78, 5) is 50.1. The number of ether oxygens (including phenoxy) is 1. The number of amides is 2. The molecule has 1 fully saturated rings. The summed E-state index contributed by atoms with van der Waals surface area (Å²) in [6.45, 7) is 6.92. The summed E-state index contributed by atoms with van der Waals surface area (Å²) >= 11 is 1.34. The van der Waals surface area contributed by atoms with Gasteiger partial charge in [0.25, 0.3) is 5.91 Å². The molecule has 2 aromatic heterocycles. The second kappa shape index (κ2) is 17.8. The maximum absolute atomic E-state index is 13.8. The predicted octanol–water partition coefficient (Wildman–Crippen LogP) is 7.77. The standard InChI is InChI=1S/C44H48N4O6S/c1-44(2,3)37-23-22-36(55-37)42(51)47-35(41(50)48-38(43(52)53)39(49)31-12-8-5-9-13-31)24-28-14-16-32(17-15-28)40-45-25-33(26-46-40)30-18-20-34(21-19-30)54-27-29-10-6-4-7-11-29/h5,8-9,12-23,25-26,29,35,38-39,49H,4,6-7,10-11,24,27H2,1-3H3,(H,47,51)(H,48,50)(H,52,53)/t35-,38?,39?/m0/s1. The Hall–Kier alpha value is -5.39. The maximum atomic E-state index is 13.8. The SMILES string of the molecule is CC(C)(C)c1ccc(C(=O)N[C@@H](Cc2ccc(-c3ncc(-c4ccc(OCC5CCCCC5)cc4)cn3)cc2)C(=O)NC(C(=O)O)C(O)c2ccccc2)s1. The summed E-state index contributed by atoms with van der Waals surface area (Å²) in [5, 5.41) is 26.2. The van der Waals surface area contributed by atoms with E-state index in [0.29, 0.717) is 27.7 Å². The van der Waals surface area contributed by atoms with E-state index in [0.717, 1.165) is 33.9 Å². The number of hydrogen-bond acceptors (Lipinski definition) is 8. The zero-order valence-electron chi connectivity index (χ0n) is 31.4. The van der Waals surface area contributed by atoms with Crippen LogP contribution in [0.5, 0.6) is 5.75 Å². The Balaban J connectivity index is 1.14. The van der Waals surface area contributed by atoms with E-state index >= 15 is 0 Å². The van der Waals surface area contributed by atoms with Crippen molar-refractivity contribution >= 4 is 29.1 Å². The number of hydrogen-bond donors (Lipinski definition) is 4. The molecule has 11 heteroatoms. The number of carboxylic acid groups (broad SMARTS) is 1. The van der Waals surface area contributed by atoms with Crippen LogP contribution in [-0.4, -0.2) is 56.7 Å². The van der Waals surface area contributed by atoms with Crippen LogP contribution in [0.25, 0.3) is 22.5 Å². The molecule has 1 saturated carbocycles. The van der Waals surface area contributed by atoms with Gasteiger partial charge in [0.15, 0.2) is 11.9 Å². The van der Waals surface area contributed by atoms with Crippen LogP contribution >= 0.6 is 11.3 Å². The number of nitrogens with one attached hydrogen (secondary N) is 2. The Morgan fingerprint density at radius 2 is 1.47 bits per heavy atom. The quantitative estimate of drug-likeness (QED) is 0.0897. The molecular weight excluding hydrogens is 713 g/mol. The van der Waals surface area contributed by atoms with Gasteiger partial charge in [0, 0.05) is 34.8 Å². The molecule has 286 valence electrons. The summed E-state index contributed by atoms with van der Waals surface area (Å²) < 4.78 is 6.06. The highest BCUT2D eigenvalue weighted by Crippen LogP contribution is 2.30. The molecule has 2 unspecified atom stereocenters. The second-order valence-electron chi connectivity index (χ2n) is 15.2. The second-order valence-corrected chi connectivity index (χ2v) is 16.2. The lowest BCUT2D eigenvalue weighted by Gasteiger charge is -2.24. The van der Waals surface area contributed by atoms with Crippen LogP contribution in [0.4, 0.5) is 0 Å². The van der Waals surface area contributed by atoms with Crippen molar-refractivity contribution in [2.24, 2.45) is 5.92 Å². The largest absolute Gasteiger partial charge is 0.493 e. The van der Waals surface area contributed by atoms with Crippen LogP contribution in [0.15, 0.2) is 103 Å². The van der Waals surface area contributed by atoms with E-state index in [1.165, 1.54) is 43.4 Å². The first kappa shape index (κ1) is 39.3. The van der Waals surface area contributed by atoms with Gasteiger partial charge in [-0.15, -0.1) is 11.3 Å². The number of aliphatic hydroxyl groups is 1. The normalized spacial score (nSPS) is 15.1. The van der Waals surface area contributed by atoms with E-state index in [1.54, 1.807) is 48.8 Å². The Kier molecular flexibility index (Phi) is 12.7. The number of nitrogens with zero attached hydrogens (tertiary/aromatic N) is 2. The third-order valence-electron chi connectivity index (χ3n) is 9.91. The van der Waals surface area contributed by atoms with Gasteiger partial charge in [-0.3, -0.25) is 9.59 Å². The lowest BCUT2D eigenvalue weighted by atomic mass is 9.90. The molecule has 5 aromatic rings. The lowest BCUT2D eigenvalue weighted by molar-refractivity contribution is -0.145. The third-order valence-corrected chi connectivity index (χ3v) is 11.4. The van der Waals surface area contributed by atoms with Crippen molar-refractivity contribution in [3.05, 3.63) is 124 Å². The number of carbonyl (C=O) groups is 3. The van der Waals surface area contributed by atoms with E-state index in [9.17, 15) is 24.6 Å². The molecule has 0 saturated heterocycles. The molecule has 0 bridgehead atoms. The molecule has 4 N–H and O–H groups in total. The average molecular weight is 761 g/mol. The monoisotopic (exact) mass is 760 g/mol. The van der Waals surface area contributed by atoms with Gasteiger partial charge < -0.3 is 25.6 Å². The highest BCUT2D eigenvalue weighted by Gasteiger charge is 2.33. The van der Waals surface area contributed by atoms with Crippen LogP contribution in [-0.2, 0) is 21.4 Å². The molecule has 3 aromatic carbocycles. The minimum Gasteiger partial charge on any atom is -0.493 e. The molecule has 1 aliphatic rings. The number of thiophene rings is 1. The van der Waals surface area contributed by atoms with Crippen molar-refractivity contribution in [3.63, 3.8) is 0 Å². The summed E-state index contributed by atoms with van der Waals surface area (Å²) in [6, 6.07) is 24.4. The van der Waals surface area contributed by atoms with E-state index < -0.39 is 36.0 Å². The van der Waals surface area contributed by atoms with Gasteiger partial charge in [0.1, 0.15) is 17.9 Å². The molecule has 3 atom stereocenters. The van der Waals surface area contributed by atoms with Gasteiger partial charge in [0.2, 0.25) is 5.91 Å². The van der Waals surface area contributed by atoms with Gasteiger partial charge >= 0.3 is 5.97 Å². The molecule has 2 amide bonds. The number of aromatic nitrogens is 2. The minimum absolute atomic E-state index is 0.0588. The topological polar surface area (TPSA) is 151 Å². The number of carbonyl (C=O) groups excluding carboxylic acids is 2. The van der Waals surface area contributed by atoms with E-state index in [2.05, 4.69) is 41.4 Å². The number of benzene rings is 3. The first-order valence-electron chi connectivity index (χ1n) is 18.8. The highest BCUT2D eigenvalue weighted by molar-refractivity contribution is 7.14. The Bertz CT molecular complexity index is 2040. The Labute approximate surface area is 326 Å². The van der Waals surface area contributed by atoms with Crippen molar-refractivity contribution in [3.8, 4) is 28.3 Å². The molecule has 6 rings (SSSR count). The van der Waals surface area contributed by atoms with E-state index in [1.807, 2.05) is 54.6 Å². The molecule has 0 aliphatic heterocycles. The Morgan fingerprint density at radius 1 is 0.818 bits per heavy atom.